The van der Waals surface area contributed by atoms with Gasteiger partial charge in [-0.1, -0.05) is 12.1 Å². The van der Waals surface area contributed by atoms with Crippen molar-refractivity contribution in [2.75, 3.05) is 0 Å². The highest BCUT2D eigenvalue weighted by atomic mass is 19.4. The molecule has 0 saturated heterocycles. The summed E-state index contributed by atoms with van der Waals surface area (Å²) in [5, 5.41) is 13.8. The van der Waals surface area contributed by atoms with Crippen LogP contribution in [0.4, 0.5) is 13.2 Å². The summed E-state index contributed by atoms with van der Waals surface area (Å²) in [5.41, 5.74) is -0.144. The van der Waals surface area contributed by atoms with Crippen LogP contribution in [0, 0.1) is 6.92 Å². The Labute approximate surface area is 139 Å². The molecule has 0 aliphatic carbocycles. The first-order valence-electron chi connectivity index (χ1n) is 7.48. The number of halogens is 3. The second kappa shape index (κ2) is 5.99. The number of aromatic amines is 1. The van der Waals surface area contributed by atoms with Gasteiger partial charge >= 0.3 is 6.18 Å². The standard InChI is InChI=1S/C16H15F3N4O2/c1-8(10-3-5-11(6-4-10)16(17,18)19)23-14-13(12(7-24)22-23)15(25)21-9(2)20-14/h3-6,8,24H,7H2,1-2H3,(H,20,21,25). The fourth-order valence-electron chi connectivity index (χ4n) is 2.70. The Morgan fingerprint density at radius 3 is 2.48 bits per heavy atom. The number of aryl methyl sites for hydroxylation is 1. The van der Waals surface area contributed by atoms with Crippen LogP contribution in [0.5, 0.6) is 0 Å². The molecule has 0 radical (unpaired) electrons. The number of benzene rings is 1. The van der Waals surface area contributed by atoms with Crippen LogP contribution in [0.25, 0.3) is 11.0 Å². The van der Waals surface area contributed by atoms with Crippen molar-refractivity contribution in [3.05, 3.63) is 57.3 Å². The average Bonchev–Trinajstić information content (AvgIpc) is 2.92. The summed E-state index contributed by atoms with van der Waals surface area (Å²) in [6.07, 6.45) is -4.41. The Balaban J connectivity index is 2.11. The molecular weight excluding hydrogens is 337 g/mol. The summed E-state index contributed by atoms with van der Waals surface area (Å²) in [5.74, 6) is 0.378. The molecular formula is C16H15F3N4O2. The van der Waals surface area contributed by atoms with Gasteiger partial charge in [0, 0.05) is 0 Å². The lowest BCUT2D eigenvalue weighted by atomic mass is 10.1. The van der Waals surface area contributed by atoms with Gasteiger partial charge in [0.05, 0.1) is 18.2 Å². The van der Waals surface area contributed by atoms with E-state index in [0.717, 1.165) is 12.1 Å². The zero-order chi connectivity index (χ0) is 18.4. The highest BCUT2D eigenvalue weighted by Crippen LogP contribution is 2.31. The van der Waals surface area contributed by atoms with Gasteiger partial charge in [0.2, 0.25) is 0 Å². The van der Waals surface area contributed by atoms with Crippen molar-refractivity contribution >= 4 is 11.0 Å². The molecule has 2 N–H and O–H groups in total. The van der Waals surface area contributed by atoms with Gasteiger partial charge in [0.15, 0.2) is 5.65 Å². The van der Waals surface area contributed by atoms with Crippen molar-refractivity contribution in [3.8, 4) is 0 Å². The molecule has 2 heterocycles. The normalized spacial score (nSPS) is 13.4. The fraction of sp³-hybridized carbons (Fsp3) is 0.312. The molecule has 0 fully saturated rings. The van der Waals surface area contributed by atoms with E-state index in [1.807, 2.05) is 0 Å². The van der Waals surface area contributed by atoms with E-state index in [0.29, 0.717) is 11.4 Å². The summed E-state index contributed by atoms with van der Waals surface area (Å²) >= 11 is 0. The minimum Gasteiger partial charge on any atom is -0.390 e. The molecule has 6 nitrogen and oxygen atoms in total. The topological polar surface area (TPSA) is 83.8 Å². The number of fused-ring (bicyclic) bond motifs is 1. The first-order valence-corrected chi connectivity index (χ1v) is 7.48. The number of rotatable bonds is 3. The van der Waals surface area contributed by atoms with Gasteiger partial charge in [-0.15, -0.1) is 0 Å². The molecule has 2 aromatic heterocycles. The number of nitrogens with one attached hydrogen (secondary N) is 1. The van der Waals surface area contributed by atoms with Gasteiger partial charge < -0.3 is 10.1 Å². The molecule has 1 aromatic carbocycles. The molecule has 132 valence electrons. The van der Waals surface area contributed by atoms with E-state index >= 15 is 0 Å². The summed E-state index contributed by atoms with van der Waals surface area (Å²) < 4.78 is 39.5. The average molecular weight is 352 g/mol. The van der Waals surface area contributed by atoms with Crippen LogP contribution in [0.2, 0.25) is 0 Å². The highest BCUT2D eigenvalue weighted by Gasteiger charge is 2.30. The van der Waals surface area contributed by atoms with Crippen LogP contribution >= 0.6 is 0 Å². The first-order chi connectivity index (χ1) is 11.7. The predicted molar refractivity (Wildman–Crippen MR) is 84.1 cm³/mol. The smallest absolute Gasteiger partial charge is 0.390 e. The molecule has 1 atom stereocenters. The SMILES string of the molecule is Cc1nc2c(c(CO)nn2C(C)c2ccc(C(F)(F)F)cc2)c(=O)[nH]1. The Morgan fingerprint density at radius 1 is 1.28 bits per heavy atom. The second-order valence-corrected chi connectivity index (χ2v) is 5.70. The molecule has 0 saturated carbocycles. The number of alkyl halides is 3. The van der Waals surface area contributed by atoms with Crippen LogP contribution in [0.3, 0.4) is 0 Å². The summed E-state index contributed by atoms with van der Waals surface area (Å²) in [7, 11) is 0. The van der Waals surface area contributed by atoms with Crippen molar-refractivity contribution in [1.29, 1.82) is 0 Å². The molecule has 3 aromatic rings. The zero-order valence-corrected chi connectivity index (χ0v) is 13.4. The van der Waals surface area contributed by atoms with Crippen molar-refractivity contribution in [2.24, 2.45) is 0 Å². The Morgan fingerprint density at radius 2 is 1.92 bits per heavy atom. The summed E-state index contributed by atoms with van der Waals surface area (Å²) in [6, 6.07) is 4.24. The Bertz CT molecular complexity index is 974. The zero-order valence-electron chi connectivity index (χ0n) is 13.4. The molecule has 3 rings (SSSR count). The van der Waals surface area contributed by atoms with Crippen molar-refractivity contribution in [2.45, 2.75) is 32.7 Å². The lowest BCUT2D eigenvalue weighted by Crippen LogP contribution is -2.13. The minimum absolute atomic E-state index is 0.169. The highest BCUT2D eigenvalue weighted by molar-refractivity contribution is 5.77. The third-order valence-electron chi connectivity index (χ3n) is 3.99. The predicted octanol–water partition coefficient (Wildman–Crippen LogP) is 2.55. The Hall–Kier alpha value is -2.68. The van der Waals surface area contributed by atoms with E-state index < -0.39 is 29.9 Å². The number of nitrogens with zero attached hydrogens (tertiary/aromatic N) is 3. The van der Waals surface area contributed by atoms with Crippen molar-refractivity contribution in [1.82, 2.24) is 19.7 Å². The van der Waals surface area contributed by atoms with Gasteiger partial charge in [-0.05, 0) is 31.5 Å². The van der Waals surface area contributed by atoms with Gasteiger partial charge in [-0.25, -0.2) is 9.67 Å². The van der Waals surface area contributed by atoms with Crippen LogP contribution in [-0.4, -0.2) is 24.9 Å². The third kappa shape index (κ3) is 3.02. The largest absolute Gasteiger partial charge is 0.416 e. The lowest BCUT2D eigenvalue weighted by molar-refractivity contribution is -0.137. The van der Waals surface area contributed by atoms with Crippen molar-refractivity contribution < 1.29 is 18.3 Å². The van der Waals surface area contributed by atoms with Gasteiger partial charge in [-0.2, -0.15) is 18.3 Å². The number of hydrogen-bond acceptors (Lipinski definition) is 4. The van der Waals surface area contributed by atoms with Crippen LogP contribution in [0.1, 0.15) is 35.6 Å². The van der Waals surface area contributed by atoms with E-state index in [1.54, 1.807) is 13.8 Å². The molecule has 0 bridgehead atoms. The quantitative estimate of drug-likeness (QED) is 0.759. The number of aliphatic hydroxyl groups excluding tert-OH is 1. The fourth-order valence-corrected chi connectivity index (χ4v) is 2.70. The van der Waals surface area contributed by atoms with Gasteiger partial charge in [0.25, 0.3) is 5.56 Å². The van der Waals surface area contributed by atoms with E-state index in [4.69, 9.17) is 0 Å². The number of H-pyrrole nitrogens is 1. The molecule has 25 heavy (non-hydrogen) atoms. The molecule has 0 aliphatic rings. The minimum atomic E-state index is -4.41. The van der Waals surface area contributed by atoms with E-state index in [2.05, 4.69) is 15.1 Å². The molecule has 0 amide bonds. The van der Waals surface area contributed by atoms with Crippen LogP contribution in [0.15, 0.2) is 29.1 Å². The van der Waals surface area contributed by atoms with Crippen LogP contribution in [-0.2, 0) is 12.8 Å². The number of aliphatic hydroxyl groups is 1. The number of aromatic nitrogens is 4. The number of hydrogen-bond donors (Lipinski definition) is 2. The molecule has 0 spiro atoms. The van der Waals surface area contributed by atoms with Gasteiger partial charge in [0.1, 0.15) is 16.9 Å². The maximum Gasteiger partial charge on any atom is 0.416 e. The lowest BCUT2D eigenvalue weighted by Gasteiger charge is -2.15. The Kier molecular flexibility index (Phi) is 4.11. The first kappa shape index (κ1) is 17.2. The maximum atomic E-state index is 12.7. The molecule has 1 unspecified atom stereocenters. The van der Waals surface area contributed by atoms with E-state index in [-0.39, 0.29) is 16.7 Å². The monoisotopic (exact) mass is 352 g/mol. The summed E-state index contributed by atoms with van der Waals surface area (Å²) in [4.78, 5) is 18.9. The van der Waals surface area contributed by atoms with E-state index in [9.17, 15) is 23.1 Å². The third-order valence-corrected chi connectivity index (χ3v) is 3.99. The maximum absolute atomic E-state index is 12.7. The molecule has 0 aliphatic heterocycles. The van der Waals surface area contributed by atoms with Crippen LogP contribution < -0.4 is 5.56 Å². The van der Waals surface area contributed by atoms with Gasteiger partial charge in [-0.3, -0.25) is 4.79 Å². The second-order valence-electron chi connectivity index (χ2n) is 5.70. The summed E-state index contributed by atoms with van der Waals surface area (Å²) in [6.45, 7) is 2.89. The van der Waals surface area contributed by atoms with E-state index in [1.165, 1.54) is 16.8 Å². The van der Waals surface area contributed by atoms with Crippen molar-refractivity contribution in [3.63, 3.8) is 0 Å². The molecule has 9 heteroatoms.